The molecule has 1 fully saturated rings. The minimum atomic E-state index is 0.497. The van der Waals surface area contributed by atoms with E-state index in [9.17, 15) is 0 Å². The molecule has 96 valence electrons. The third-order valence-corrected chi connectivity index (χ3v) is 3.96. The van der Waals surface area contributed by atoms with Crippen LogP contribution in [0.15, 0.2) is 23.0 Å². The maximum absolute atomic E-state index is 5.25. The van der Waals surface area contributed by atoms with Gasteiger partial charge in [-0.1, -0.05) is 26.7 Å². The summed E-state index contributed by atoms with van der Waals surface area (Å²) < 4.78 is 5.25. The molecule has 3 unspecified atom stereocenters. The third-order valence-electron chi connectivity index (χ3n) is 3.96. The van der Waals surface area contributed by atoms with Crippen LogP contribution in [0, 0.1) is 11.8 Å². The molecule has 1 aromatic rings. The highest BCUT2D eigenvalue weighted by atomic mass is 16.3. The summed E-state index contributed by atoms with van der Waals surface area (Å²) in [5.41, 5.74) is 1.33. The Bertz CT molecular complexity index is 307. The van der Waals surface area contributed by atoms with Crippen LogP contribution in [0.4, 0.5) is 0 Å². The number of hydrogen-bond donors (Lipinski definition) is 1. The lowest BCUT2D eigenvalue weighted by Crippen LogP contribution is -2.31. The van der Waals surface area contributed by atoms with E-state index >= 15 is 0 Å². The summed E-state index contributed by atoms with van der Waals surface area (Å²) >= 11 is 0. The summed E-state index contributed by atoms with van der Waals surface area (Å²) in [6.07, 6.45) is 10.4. The van der Waals surface area contributed by atoms with Gasteiger partial charge in [-0.05, 0) is 43.7 Å². The fourth-order valence-electron chi connectivity index (χ4n) is 3.09. The van der Waals surface area contributed by atoms with Gasteiger partial charge in [0.1, 0.15) is 0 Å². The van der Waals surface area contributed by atoms with Gasteiger partial charge >= 0.3 is 0 Å². The Morgan fingerprint density at radius 2 is 2.35 bits per heavy atom. The van der Waals surface area contributed by atoms with Gasteiger partial charge in [0.25, 0.3) is 0 Å². The monoisotopic (exact) mass is 235 g/mol. The first-order chi connectivity index (χ1) is 8.31. The van der Waals surface area contributed by atoms with Crippen LogP contribution in [0.3, 0.4) is 0 Å². The van der Waals surface area contributed by atoms with Crippen molar-refractivity contribution in [3.63, 3.8) is 0 Å². The van der Waals surface area contributed by atoms with Crippen molar-refractivity contribution < 1.29 is 4.42 Å². The average Bonchev–Trinajstić information content (AvgIpc) is 2.83. The minimum Gasteiger partial charge on any atom is -0.472 e. The molecule has 1 aromatic heterocycles. The molecule has 2 heteroatoms. The molecule has 3 atom stereocenters. The Morgan fingerprint density at radius 1 is 1.47 bits per heavy atom. The van der Waals surface area contributed by atoms with Crippen molar-refractivity contribution in [2.24, 2.45) is 11.8 Å². The molecule has 0 bridgehead atoms. The molecule has 1 heterocycles. The van der Waals surface area contributed by atoms with Gasteiger partial charge in [-0.15, -0.1) is 0 Å². The lowest BCUT2D eigenvalue weighted by Gasteiger charge is -2.33. The van der Waals surface area contributed by atoms with E-state index in [0.29, 0.717) is 6.04 Å². The molecule has 0 aromatic carbocycles. The van der Waals surface area contributed by atoms with E-state index < -0.39 is 0 Å². The SMILES string of the molecule is CCCNC(c1ccoc1)C1CCCC(C)C1. The van der Waals surface area contributed by atoms with Crippen LogP contribution in [0.5, 0.6) is 0 Å². The smallest absolute Gasteiger partial charge is 0.0950 e. The Morgan fingerprint density at radius 3 is 3.00 bits per heavy atom. The topological polar surface area (TPSA) is 25.2 Å². The lowest BCUT2D eigenvalue weighted by atomic mass is 9.77. The van der Waals surface area contributed by atoms with Crippen LogP contribution in [-0.2, 0) is 0 Å². The Hall–Kier alpha value is -0.760. The van der Waals surface area contributed by atoms with Gasteiger partial charge < -0.3 is 9.73 Å². The summed E-state index contributed by atoms with van der Waals surface area (Å²) in [5, 5.41) is 3.70. The summed E-state index contributed by atoms with van der Waals surface area (Å²) in [4.78, 5) is 0. The Labute approximate surface area is 105 Å². The highest BCUT2D eigenvalue weighted by molar-refractivity contribution is 5.13. The number of rotatable bonds is 5. The van der Waals surface area contributed by atoms with Crippen molar-refractivity contribution in [1.82, 2.24) is 5.32 Å². The Balaban J connectivity index is 2.03. The maximum Gasteiger partial charge on any atom is 0.0950 e. The van der Waals surface area contributed by atoms with Crippen molar-refractivity contribution in [2.75, 3.05) is 6.54 Å². The van der Waals surface area contributed by atoms with E-state index in [1.54, 1.807) is 6.26 Å². The van der Waals surface area contributed by atoms with Crippen LogP contribution >= 0.6 is 0 Å². The van der Waals surface area contributed by atoms with Gasteiger partial charge in [-0.2, -0.15) is 0 Å². The molecule has 17 heavy (non-hydrogen) atoms. The maximum atomic E-state index is 5.25. The molecule has 1 aliphatic rings. The number of furan rings is 1. The van der Waals surface area contributed by atoms with Crippen LogP contribution < -0.4 is 5.32 Å². The second-order valence-electron chi connectivity index (χ2n) is 5.52. The molecule has 1 aliphatic carbocycles. The first kappa shape index (κ1) is 12.7. The number of hydrogen-bond acceptors (Lipinski definition) is 2. The molecule has 0 saturated heterocycles. The largest absolute Gasteiger partial charge is 0.472 e. The molecular formula is C15H25NO. The Kier molecular flexibility index (Phi) is 4.66. The summed E-state index contributed by atoms with van der Waals surface area (Å²) in [5.74, 6) is 1.66. The zero-order chi connectivity index (χ0) is 12.1. The van der Waals surface area contributed by atoms with E-state index in [2.05, 4.69) is 25.2 Å². The highest BCUT2D eigenvalue weighted by Crippen LogP contribution is 2.37. The average molecular weight is 235 g/mol. The van der Waals surface area contributed by atoms with Crippen molar-refractivity contribution in [2.45, 2.75) is 52.0 Å². The molecule has 0 aliphatic heterocycles. The molecule has 2 nitrogen and oxygen atoms in total. The van der Waals surface area contributed by atoms with Gasteiger partial charge in [0.2, 0.25) is 0 Å². The van der Waals surface area contributed by atoms with Gasteiger partial charge in [-0.25, -0.2) is 0 Å². The fraction of sp³-hybridized carbons (Fsp3) is 0.733. The van der Waals surface area contributed by atoms with E-state index in [0.717, 1.165) is 18.4 Å². The first-order valence-electron chi connectivity index (χ1n) is 7.06. The molecule has 2 rings (SSSR count). The predicted octanol–water partition coefficient (Wildman–Crippen LogP) is 4.15. The second-order valence-corrected chi connectivity index (χ2v) is 5.52. The molecule has 0 spiro atoms. The predicted molar refractivity (Wildman–Crippen MR) is 70.9 cm³/mol. The van der Waals surface area contributed by atoms with Crippen LogP contribution in [0.25, 0.3) is 0 Å². The standard InChI is InChI=1S/C15H25NO/c1-3-8-16-15(14-7-9-17-11-14)13-6-4-5-12(2)10-13/h7,9,11-13,15-16H,3-6,8,10H2,1-2H3. The normalized spacial score (nSPS) is 26.9. The van der Waals surface area contributed by atoms with Gasteiger partial charge in [0, 0.05) is 11.6 Å². The third kappa shape index (κ3) is 3.35. The van der Waals surface area contributed by atoms with Gasteiger partial charge in [0.05, 0.1) is 12.5 Å². The summed E-state index contributed by atoms with van der Waals surface area (Å²) in [6, 6.07) is 2.61. The quantitative estimate of drug-likeness (QED) is 0.829. The first-order valence-corrected chi connectivity index (χ1v) is 7.06. The number of nitrogens with one attached hydrogen (secondary N) is 1. The van der Waals surface area contributed by atoms with Gasteiger partial charge in [0.15, 0.2) is 0 Å². The van der Waals surface area contributed by atoms with E-state index in [1.807, 2.05) is 6.26 Å². The summed E-state index contributed by atoms with van der Waals surface area (Å²) in [7, 11) is 0. The van der Waals surface area contributed by atoms with Crippen LogP contribution in [0.1, 0.15) is 57.6 Å². The molecule has 0 radical (unpaired) electrons. The molecular weight excluding hydrogens is 210 g/mol. The van der Waals surface area contributed by atoms with Crippen molar-refractivity contribution in [3.8, 4) is 0 Å². The summed E-state index contributed by atoms with van der Waals surface area (Å²) in [6.45, 7) is 5.71. The van der Waals surface area contributed by atoms with Gasteiger partial charge in [-0.3, -0.25) is 0 Å². The van der Waals surface area contributed by atoms with Crippen molar-refractivity contribution in [3.05, 3.63) is 24.2 Å². The minimum absolute atomic E-state index is 0.497. The zero-order valence-electron chi connectivity index (χ0n) is 11.1. The van der Waals surface area contributed by atoms with Crippen LogP contribution in [0.2, 0.25) is 0 Å². The zero-order valence-corrected chi connectivity index (χ0v) is 11.1. The fourth-order valence-corrected chi connectivity index (χ4v) is 3.09. The van der Waals surface area contributed by atoms with E-state index in [4.69, 9.17) is 4.42 Å². The molecule has 1 N–H and O–H groups in total. The van der Waals surface area contributed by atoms with Crippen LogP contribution in [-0.4, -0.2) is 6.54 Å². The second kappa shape index (κ2) is 6.25. The molecule has 0 amide bonds. The lowest BCUT2D eigenvalue weighted by molar-refractivity contribution is 0.223. The molecule has 1 saturated carbocycles. The van der Waals surface area contributed by atoms with Crippen molar-refractivity contribution >= 4 is 0 Å². The highest BCUT2D eigenvalue weighted by Gasteiger charge is 2.27. The van der Waals surface area contributed by atoms with E-state index in [-0.39, 0.29) is 0 Å². The van der Waals surface area contributed by atoms with Crippen molar-refractivity contribution in [1.29, 1.82) is 0 Å². The van der Waals surface area contributed by atoms with E-state index in [1.165, 1.54) is 37.7 Å².